The maximum absolute atomic E-state index is 12.1. The van der Waals surface area contributed by atoms with Crippen LogP contribution in [0.5, 0.6) is 11.5 Å². The fraction of sp³-hybridized carbons (Fsp3) is 0.227. The molecule has 0 atom stereocenters. The smallest absolute Gasteiger partial charge is 0.308 e. The fourth-order valence-corrected chi connectivity index (χ4v) is 3.47. The summed E-state index contributed by atoms with van der Waals surface area (Å²) in [5, 5.41) is 1.89. The van der Waals surface area contributed by atoms with E-state index in [0.29, 0.717) is 23.4 Å². The standard InChI is InChI=1S/C22H19NO4/c1-13(24)27-22-12-15-10-16(26-2)7-6-14(15)11-18(22)20-9-8-17-19(23-20)4-3-5-21(17)25/h6-12H,3-5H2,1-2H3. The minimum atomic E-state index is -0.397. The summed E-state index contributed by atoms with van der Waals surface area (Å²) in [7, 11) is 1.61. The third kappa shape index (κ3) is 3.28. The SMILES string of the molecule is COc1ccc2cc(-c3ccc4c(n3)CCCC4=O)c(OC(C)=O)cc2c1. The van der Waals surface area contributed by atoms with Crippen LogP contribution in [0, 0.1) is 0 Å². The molecule has 2 aromatic carbocycles. The molecule has 0 bridgehead atoms. The number of benzene rings is 2. The highest BCUT2D eigenvalue weighted by molar-refractivity contribution is 5.98. The molecule has 0 fully saturated rings. The lowest BCUT2D eigenvalue weighted by atomic mass is 9.93. The van der Waals surface area contributed by atoms with Crippen molar-refractivity contribution in [2.24, 2.45) is 0 Å². The van der Waals surface area contributed by atoms with Gasteiger partial charge in [-0.2, -0.15) is 0 Å². The molecule has 0 aliphatic heterocycles. The Hall–Kier alpha value is -3.21. The molecular weight excluding hydrogens is 342 g/mol. The van der Waals surface area contributed by atoms with Crippen LogP contribution in [-0.2, 0) is 11.2 Å². The summed E-state index contributed by atoms with van der Waals surface area (Å²) >= 11 is 0. The number of pyridine rings is 1. The molecule has 0 N–H and O–H groups in total. The van der Waals surface area contributed by atoms with Gasteiger partial charge in [-0.15, -0.1) is 0 Å². The van der Waals surface area contributed by atoms with Gasteiger partial charge in [0.15, 0.2) is 5.78 Å². The molecule has 1 aliphatic carbocycles. The number of aryl methyl sites for hydroxylation is 1. The number of fused-ring (bicyclic) bond motifs is 2. The maximum atomic E-state index is 12.1. The number of carbonyl (C=O) groups excluding carboxylic acids is 2. The number of Topliss-reactive ketones (excluding diaryl/α,β-unsaturated/α-hetero) is 1. The number of methoxy groups -OCH3 is 1. The highest BCUT2D eigenvalue weighted by Crippen LogP contribution is 2.36. The molecule has 0 saturated heterocycles. The summed E-state index contributed by atoms with van der Waals surface area (Å²) in [5.41, 5.74) is 2.93. The van der Waals surface area contributed by atoms with E-state index in [4.69, 9.17) is 14.5 Å². The number of carbonyl (C=O) groups is 2. The molecule has 1 heterocycles. The van der Waals surface area contributed by atoms with Gasteiger partial charge >= 0.3 is 5.97 Å². The predicted molar refractivity (Wildman–Crippen MR) is 102 cm³/mol. The number of hydrogen-bond acceptors (Lipinski definition) is 5. The molecule has 136 valence electrons. The van der Waals surface area contributed by atoms with E-state index < -0.39 is 5.97 Å². The first-order chi connectivity index (χ1) is 13.0. The minimum absolute atomic E-state index is 0.140. The topological polar surface area (TPSA) is 65.5 Å². The normalized spacial score (nSPS) is 13.3. The number of ether oxygens (including phenoxy) is 2. The third-order valence-electron chi connectivity index (χ3n) is 4.77. The lowest BCUT2D eigenvalue weighted by Crippen LogP contribution is -2.13. The van der Waals surface area contributed by atoms with E-state index >= 15 is 0 Å². The van der Waals surface area contributed by atoms with Gasteiger partial charge in [0.25, 0.3) is 0 Å². The molecular formula is C22H19NO4. The van der Waals surface area contributed by atoms with Gasteiger partial charge in [0, 0.05) is 24.5 Å². The van der Waals surface area contributed by atoms with Crippen molar-refractivity contribution >= 4 is 22.5 Å². The Morgan fingerprint density at radius 2 is 1.85 bits per heavy atom. The summed E-state index contributed by atoms with van der Waals surface area (Å²) < 4.78 is 10.7. The Labute approximate surface area is 156 Å². The van der Waals surface area contributed by atoms with Crippen molar-refractivity contribution in [1.29, 1.82) is 0 Å². The van der Waals surface area contributed by atoms with Crippen LogP contribution in [0.4, 0.5) is 0 Å². The van der Waals surface area contributed by atoms with Gasteiger partial charge in [0.05, 0.1) is 18.5 Å². The van der Waals surface area contributed by atoms with Gasteiger partial charge in [0.1, 0.15) is 11.5 Å². The molecule has 5 heteroatoms. The lowest BCUT2D eigenvalue weighted by molar-refractivity contribution is -0.131. The van der Waals surface area contributed by atoms with Crippen LogP contribution in [0.3, 0.4) is 0 Å². The Kier molecular flexibility index (Phi) is 4.36. The van der Waals surface area contributed by atoms with Crippen LogP contribution in [0.25, 0.3) is 22.0 Å². The van der Waals surface area contributed by atoms with Crippen LogP contribution in [-0.4, -0.2) is 23.8 Å². The summed E-state index contributed by atoms with van der Waals surface area (Å²) in [4.78, 5) is 28.4. The van der Waals surface area contributed by atoms with Crippen molar-refractivity contribution in [2.75, 3.05) is 7.11 Å². The molecule has 5 nitrogen and oxygen atoms in total. The van der Waals surface area contributed by atoms with E-state index in [0.717, 1.165) is 40.6 Å². The van der Waals surface area contributed by atoms with Crippen molar-refractivity contribution in [3.8, 4) is 22.8 Å². The van der Waals surface area contributed by atoms with Crippen LogP contribution in [0.2, 0.25) is 0 Å². The Morgan fingerprint density at radius 1 is 1.00 bits per heavy atom. The Bertz CT molecular complexity index is 1070. The number of ketones is 1. The van der Waals surface area contributed by atoms with Gasteiger partial charge < -0.3 is 9.47 Å². The Balaban J connectivity index is 1.89. The zero-order chi connectivity index (χ0) is 19.0. The summed E-state index contributed by atoms with van der Waals surface area (Å²) in [6.07, 6.45) is 2.17. The number of hydrogen-bond donors (Lipinski definition) is 0. The van der Waals surface area contributed by atoms with Crippen LogP contribution in [0.15, 0.2) is 42.5 Å². The van der Waals surface area contributed by atoms with E-state index in [-0.39, 0.29) is 5.78 Å². The van der Waals surface area contributed by atoms with Crippen molar-refractivity contribution in [1.82, 2.24) is 4.98 Å². The number of rotatable bonds is 3. The lowest BCUT2D eigenvalue weighted by Gasteiger charge is -2.16. The van der Waals surface area contributed by atoms with Crippen molar-refractivity contribution in [2.45, 2.75) is 26.2 Å². The zero-order valence-corrected chi connectivity index (χ0v) is 15.2. The molecule has 3 aromatic rings. The second kappa shape index (κ2) is 6.83. The van der Waals surface area contributed by atoms with Gasteiger partial charge in [0.2, 0.25) is 0 Å². The second-order valence-corrected chi connectivity index (χ2v) is 6.62. The molecule has 0 unspecified atom stereocenters. The Morgan fingerprint density at radius 3 is 2.63 bits per heavy atom. The van der Waals surface area contributed by atoms with Gasteiger partial charge in [-0.25, -0.2) is 0 Å². The first-order valence-corrected chi connectivity index (χ1v) is 8.89. The fourth-order valence-electron chi connectivity index (χ4n) is 3.47. The molecule has 0 saturated carbocycles. The van der Waals surface area contributed by atoms with E-state index in [2.05, 4.69) is 0 Å². The van der Waals surface area contributed by atoms with Gasteiger partial charge in [-0.3, -0.25) is 14.6 Å². The molecule has 4 rings (SSSR count). The average molecular weight is 361 g/mol. The van der Waals surface area contributed by atoms with Crippen LogP contribution >= 0.6 is 0 Å². The molecule has 1 aromatic heterocycles. The maximum Gasteiger partial charge on any atom is 0.308 e. The average Bonchev–Trinajstić information content (AvgIpc) is 2.66. The first kappa shape index (κ1) is 17.2. The molecule has 0 radical (unpaired) electrons. The monoisotopic (exact) mass is 361 g/mol. The largest absolute Gasteiger partial charge is 0.497 e. The molecule has 0 amide bonds. The van der Waals surface area contributed by atoms with Gasteiger partial charge in [-0.05, 0) is 60.0 Å². The zero-order valence-electron chi connectivity index (χ0n) is 15.2. The highest BCUT2D eigenvalue weighted by atomic mass is 16.5. The molecule has 0 spiro atoms. The summed E-state index contributed by atoms with van der Waals surface area (Å²) in [6.45, 7) is 1.37. The number of esters is 1. The highest BCUT2D eigenvalue weighted by Gasteiger charge is 2.20. The van der Waals surface area contributed by atoms with Crippen LogP contribution in [0.1, 0.15) is 35.8 Å². The first-order valence-electron chi connectivity index (χ1n) is 8.89. The van der Waals surface area contributed by atoms with E-state index in [1.807, 2.05) is 42.5 Å². The second-order valence-electron chi connectivity index (χ2n) is 6.62. The third-order valence-corrected chi connectivity index (χ3v) is 4.77. The summed E-state index contributed by atoms with van der Waals surface area (Å²) in [6, 6.07) is 13.2. The predicted octanol–water partition coefficient (Wildman–Crippen LogP) is 4.35. The number of aromatic nitrogens is 1. The van der Waals surface area contributed by atoms with Crippen molar-refractivity contribution in [3.05, 3.63) is 53.7 Å². The van der Waals surface area contributed by atoms with Crippen molar-refractivity contribution < 1.29 is 19.1 Å². The summed E-state index contributed by atoms with van der Waals surface area (Å²) in [5.74, 6) is 0.917. The molecule has 1 aliphatic rings. The van der Waals surface area contributed by atoms with Crippen molar-refractivity contribution in [3.63, 3.8) is 0 Å². The van der Waals surface area contributed by atoms with Crippen LogP contribution < -0.4 is 9.47 Å². The van der Waals surface area contributed by atoms with E-state index in [1.54, 1.807) is 7.11 Å². The molecule has 27 heavy (non-hydrogen) atoms. The minimum Gasteiger partial charge on any atom is -0.497 e. The number of nitrogens with zero attached hydrogens (tertiary/aromatic N) is 1. The van der Waals surface area contributed by atoms with E-state index in [1.165, 1.54) is 6.92 Å². The quantitative estimate of drug-likeness (QED) is 0.512. The van der Waals surface area contributed by atoms with Gasteiger partial charge in [-0.1, -0.05) is 6.07 Å². The van der Waals surface area contributed by atoms with E-state index in [9.17, 15) is 9.59 Å².